The predicted molar refractivity (Wildman–Crippen MR) is 166 cm³/mol. The molecule has 0 aromatic heterocycles. The number of rotatable bonds is 11. The third-order valence-electron chi connectivity index (χ3n) is 9.52. The minimum absolute atomic E-state index is 0.0367. The number of hydrogen-bond donors (Lipinski definition) is 2. The highest BCUT2D eigenvalue weighted by molar-refractivity contribution is 5.90. The van der Waals surface area contributed by atoms with E-state index in [0.29, 0.717) is 17.4 Å². The van der Waals surface area contributed by atoms with Crippen molar-refractivity contribution < 1.29 is 37.3 Å². The second kappa shape index (κ2) is 15.1. The summed E-state index contributed by atoms with van der Waals surface area (Å²) in [5.74, 6) is -2.54. The Balaban J connectivity index is 1.28. The number of nitrogens with one attached hydrogen (secondary N) is 1. The number of hydrogen-bond acceptors (Lipinski definition) is 6. The molecule has 5 rings (SSSR count). The number of ether oxygens (including phenoxy) is 2. The van der Waals surface area contributed by atoms with E-state index in [2.05, 4.69) is 23.7 Å². The molecule has 2 amide bonds. The van der Waals surface area contributed by atoms with Crippen LogP contribution in [0.25, 0.3) is 0 Å². The first-order chi connectivity index (χ1) is 22.1. The molecule has 0 spiro atoms. The Kier molecular flexibility index (Phi) is 11.2. The molecule has 1 saturated carbocycles. The summed E-state index contributed by atoms with van der Waals surface area (Å²) in [6, 6.07) is 14.6. The molecule has 1 aliphatic carbocycles. The molecule has 2 N–H and O–H groups in total. The number of carbonyl (C=O) groups is 2. The molecule has 2 saturated heterocycles. The van der Waals surface area contributed by atoms with Gasteiger partial charge in [-0.1, -0.05) is 74.4 Å². The summed E-state index contributed by atoms with van der Waals surface area (Å²) in [5.41, 5.74) is 3.38. The first-order valence-corrected chi connectivity index (χ1v) is 16.2. The lowest BCUT2D eigenvalue weighted by atomic mass is 9.89. The summed E-state index contributed by atoms with van der Waals surface area (Å²) in [5, 5.41) is 12.2. The van der Waals surface area contributed by atoms with Crippen LogP contribution < -0.4 is 5.32 Å². The Bertz CT molecular complexity index is 1330. The van der Waals surface area contributed by atoms with Crippen molar-refractivity contribution in [2.24, 2.45) is 5.92 Å². The summed E-state index contributed by atoms with van der Waals surface area (Å²) in [4.78, 5) is 27.6. The molecule has 2 aromatic rings. The van der Waals surface area contributed by atoms with Crippen LogP contribution in [0.1, 0.15) is 80.1 Å². The topological polar surface area (TPSA) is 91.3 Å². The second-order valence-corrected chi connectivity index (χ2v) is 12.6. The Hall–Kier alpha value is -3.25. The molecule has 0 radical (unpaired) electrons. The zero-order valence-corrected chi connectivity index (χ0v) is 26.3. The van der Waals surface area contributed by atoms with Crippen LogP contribution in [0, 0.1) is 5.92 Å². The zero-order valence-electron chi connectivity index (χ0n) is 26.3. The van der Waals surface area contributed by atoms with Crippen molar-refractivity contribution in [3.05, 3.63) is 83.4 Å². The molecule has 11 heteroatoms. The largest absolute Gasteiger partial charge is 0.471 e. The third-order valence-corrected chi connectivity index (χ3v) is 9.52. The first kappa shape index (κ1) is 34.1. The monoisotopic (exact) mass is 643 g/mol. The molecule has 0 bridgehead atoms. The van der Waals surface area contributed by atoms with Gasteiger partial charge < -0.3 is 24.8 Å². The number of amides is 2. The fourth-order valence-electron chi connectivity index (χ4n) is 6.91. The van der Waals surface area contributed by atoms with Crippen LogP contribution in [-0.2, 0) is 32.2 Å². The number of halogens is 3. The SMILES string of the molecule is C=CCN(C[C@@H]1O[C@H](c2ccc(CNC(=O)[C@@H]3CCCN3C(=O)C(F)(F)F)cc2)O[C@H](c2ccc(CO)cc2)[C@@H]1C)C1CCCC1. The van der Waals surface area contributed by atoms with Crippen LogP contribution >= 0.6 is 0 Å². The highest BCUT2D eigenvalue weighted by atomic mass is 19.4. The summed E-state index contributed by atoms with van der Waals surface area (Å²) < 4.78 is 52.2. The maximum Gasteiger partial charge on any atom is 0.471 e. The molecule has 46 heavy (non-hydrogen) atoms. The van der Waals surface area contributed by atoms with Crippen LogP contribution in [0.3, 0.4) is 0 Å². The number of carbonyl (C=O) groups excluding carboxylic acids is 2. The lowest BCUT2D eigenvalue weighted by Crippen LogP contribution is -2.50. The highest BCUT2D eigenvalue weighted by Gasteiger charge is 2.47. The van der Waals surface area contributed by atoms with Crippen LogP contribution in [-0.4, -0.2) is 70.7 Å². The summed E-state index contributed by atoms with van der Waals surface area (Å²) >= 11 is 0. The lowest BCUT2D eigenvalue weighted by Gasteiger charge is -2.43. The minimum Gasteiger partial charge on any atom is -0.392 e. The zero-order chi connectivity index (χ0) is 32.8. The van der Waals surface area contributed by atoms with Gasteiger partial charge in [0.15, 0.2) is 6.29 Å². The fraction of sp³-hybridized carbons (Fsp3) is 0.543. The van der Waals surface area contributed by atoms with Crippen LogP contribution in [0.15, 0.2) is 61.2 Å². The van der Waals surface area contributed by atoms with Gasteiger partial charge in [0.2, 0.25) is 5.91 Å². The summed E-state index contributed by atoms with van der Waals surface area (Å²) in [6.45, 7) is 7.62. The molecule has 250 valence electrons. The van der Waals surface area contributed by atoms with Crippen molar-refractivity contribution in [3.63, 3.8) is 0 Å². The van der Waals surface area contributed by atoms with Crippen molar-refractivity contribution in [2.45, 2.75) is 95.4 Å². The van der Waals surface area contributed by atoms with Gasteiger partial charge in [-0.2, -0.15) is 13.2 Å². The molecule has 5 atom stereocenters. The van der Waals surface area contributed by atoms with Crippen LogP contribution in [0.5, 0.6) is 0 Å². The van der Waals surface area contributed by atoms with E-state index in [4.69, 9.17) is 9.47 Å². The number of nitrogens with zero attached hydrogens (tertiary/aromatic N) is 2. The van der Waals surface area contributed by atoms with Gasteiger partial charge in [0.25, 0.3) is 0 Å². The van der Waals surface area contributed by atoms with Gasteiger partial charge in [-0.25, -0.2) is 0 Å². The number of likely N-dealkylation sites (tertiary alicyclic amines) is 1. The Morgan fingerprint density at radius 1 is 1.00 bits per heavy atom. The van der Waals surface area contributed by atoms with Crippen LogP contribution in [0.4, 0.5) is 13.2 Å². The minimum atomic E-state index is -5.01. The van der Waals surface area contributed by atoms with Gasteiger partial charge in [0, 0.05) is 43.7 Å². The number of aliphatic hydroxyl groups excluding tert-OH is 1. The molecule has 2 aliphatic heterocycles. The molecule has 2 heterocycles. The molecule has 3 fully saturated rings. The average Bonchev–Trinajstić information content (AvgIpc) is 3.77. The normalized spacial score (nSPS) is 25.6. The van der Waals surface area contributed by atoms with Crippen molar-refractivity contribution in [1.82, 2.24) is 15.1 Å². The fourth-order valence-corrected chi connectivity index (χ4v) is 6.91. The maximum absolute atomic E-state index is 13.0. The highest BCUT2D eigenvalue weighted by Crippen LogP contribution is 2.42. The van der Waals surface area contributed by atoms with E-state index in [9.17, 15) is 27.9 Å². The molecule has 2 aromatic carbocycles. The van der Waals surface area contributed by atoms with E-state index < -0.39 is 30.3 Å². The smallest absolute Gasteiger partial charge is 0.392 e. The Morgan fingerprint density at radius 2 is 1.65 bits per heavy atom. The second-order valence-electron chi connectivity index (χ2n) is 12.6. The lowest BCUT2D eigenvalue weighted by molar-refractivity contribution is -0.276. The summed E-state index contributed by atoms with van der Waals surface area (Å²) in [6.07, 6.45) is 1.21. The molecular weight excluding hydrogens is 599 g/mol. The van der Waals surface area contributed by atoms with Gasteiger partial charge in [-0.3, -0.25) is 14.5 Å². The van der Waals surface area contributed by atoms with E-state index >= 15 is 0 Å². The van der Waals surface area contributed by atoms with Crippen molar-refractivity contribution in [2.75, 3.05) is 19.6 Å². The Labute approximate surface area is 268 Å². The Morgan fingerprint density at radius 3 is 2.28 bits per heavy atom. The van der Waals surface area contributed by atoms with Gasteiger partial charge in [0.05, 0.1) is 18.8 Å². The van der Waals surface area contributed by atoms with Gasteiger partial charge >= 0.3 is 12.1 Å². The maximum atomic E-state index is 13.0. The number of alkyl halides is 3. The van der Waals surface area contributed by atoms with Gasteiger partial charge in [0.1, 0.15) is 6.04 Å². The van der Waals surface area contributed by atoms with Crippen molar-refractivity contribution in [1.29, 1.82) is 0 Å². The molecule has 3 aliphatic rings. The molecule has 0 unspecified atom stereocenters. The number of aliphatic hydroxyl groups is 1. The van der Waals surface area contributed by atoms with E-state index in [1.165, 1.54) is 12.8 Å². The molecule has 8 nitrogen and oxygen atoms in total. The van der Waals surface area contributed by atoms with E-state index in [1.54, 1.807) is 0 Å². The van der Waals surface area contributed by atoms with E-state index in [0.717, 1.165) is 48.2 Å². The quantitative estimate of drug-likeness (QED) is 0.311. The van der Waals surface area contributed by atoms with Gasteiger partial charge in [-0.05, 0) is 42.4 Å². The van der Waals surface area contributed by atoms with Gasteiger partial charge in [-0.15, -0.1) is 6.58 Å². The standard InChI is InChI=1S/C35H44F3N3O5/c1-3-18-40(28-7-4-5-8-28)21-30-23(2)31(26-14-12-25(22-42)13-15-26)46-33(45-30)27-16-10-24(11-17-27)20-39-32(43)29-9-6-19-41(29)34(44)35(36,37)38/h3,10-17,23,28-31,33,42H,1,4-9,18-22H2,2H3,(H,39,43)/t23-,29+,30+,31+,33+/m1/s1. The van der Waals surface area contributed by atoms with Crippen molar-refractivity contribution >= 4 is 11.8 Å². The van der Waals surface area contributed by atoms with Crippen molar-refractivity contribution in [3.8, 4) is 0 Å². The predicted octanol–water partition coefficient (Wildman–Crippen LogP) is 5.57. The van der Waals surface area contributed by atoms with E-state index in [-0.39, 0.29) is 44.2 Å². The average molecular weight is 644 g/mol. The number of benzene rings is 2. The van der Waals surface area contributed by atoms with E-state index in [1.807, 2.05) is 54.6 Å². The van der Waals surface area contributed by atoms with Crippen LogP contribution in [0.2, 0.25) is 0 Å². The summed E-state index contributed by atoms with van der Waals surface area (Å²) in [7, 11) is 0. The first-order valence-electron chi connectivity index (χ1n) is 16.2. The molecular formula is C35H44F3N3O5. The third kappa shape index (κ3) is 7.99.